The van der Waals surface area contributed by atoms with Crippen LogP contribution in [0.3, 0.4) is 0 Å². The third kappa shape index (κ3) is 2.19. The van der Waals surface area contributed by atoms with Crippen molar-refractivity contribution in [3.63, 3.8) is 0 Å². The van der Waals surface area contributed by atoms with Crippen LogP contribution in [0.5, 0.6) is 0 Å². The smallest absolute Gasteiger partial charge is 0.215 e. The zero-order valence-electron chi connectivity index (χ0n) is 11.6. The average molecular weight is 275 g/mol. The highest BCUT2D eigenvalue weighted by Gasteiger charge is 2.65. The molecule has 0 saturated carbocycles. The van der Waals surface area contributed by atoms with Crippen molar-refractivity contribution in [3.8, 4) is 0 Å². The lowest BCUT2D eigenvalue weighted by molar-refractivity contribution is -0.283. The molecule has 110 valence electrons. The molecule has 7 heteroatoms. The summed E-state index contributed by atoms with van der Waals surface area (Å²) in [6, 6.07) is 0. The second-order valence-corrected chi connectivity index (χ2v) is 6.14. The summed E-state index contributed by atoms with van der Waals surface area (Å²) in [6.45, 7) is 7.78. The van der Waals surface area contributed by atoms with Crippen LogP contribution in [-0.2, 0) is 23.7 Å². The maximum absolute atomic E-state index is 9.04. The number of nitrogens with one attached hydrogen (secondary N) is 1. The van der Waals surface area contributed by atoms with Crippen LogP contribution in [-0.4, -0.2) is 54.0 Å². The molecule has 2 N–H and O–H groups in total. The van der Waals surface area contributed by atoms with Gasteiger partial charge in [0.1, 0.15) is 18.3 Å². The zero-order chi connectivity index (χ0) is 13.9. The van der Waals surface area contributed by atoms with Crippen LogP contribution in [0.4, 0.5) is 0 Å². The number of hydrogen-bond donors (Lipinski definition) is 2. The van der Waals surface area contributed by atoms with E-state index in [-0.39, 0.29) is 18.8 Å². The molecule has 3 aliphatic heterocycles. The van der Waals surface area contributed by atoms with E-state index in [9.17, 15) is 0 Å². The molecule has 3 aliphatic rings. The molecule has 0 aromatic heterocycles. The molecular weight excluding hydrogens is 254 g/mol. The fourth-order valence-electron chi connectivity index (χ4n) is 3.09. The molecule has 3 rings (SSSR count). The molecule has 3 heterocycles. The summed E-state index contributed by atoms with van der Waals surface area (Å²) in [5.74, 6) is -2.52. The van der Waals surface area contributed by atoms with E-state index in [0.717, 1.165) is 0 Å². The highest BCUT2D eigenvalue weighted by molar-refractivity contribution is 5.03. The second kappa shape index (κ2) is 4.11. The van der Waals surface area contributed by atoms with Crippen molar-refractivity contribution < 1.29 is 28.9 Å². The van der Waals surface area contributed by atoms with Crippen LogP contribution in [0.25, 0.3) is 0 Å². The Bertz CT molecular complexity index is 373. The minimum absolute atomic E-state index is 0.105. The molecule has 0 spiro atoms. The lowest BCUT2D eigenvalue weighted by Crippen LogP contribution is -2.62. The molecule has 0 radical (unpaired) electrons. The molecule has 3 saturated heterocycles. The largest absolute Gasteiger partial charge is 0.343 e. The van der Waals surface area contributed by atoms with Crippen LogP contribution in [0, 0.1) is 0 Å². The van der Waals surface area contributed by atoms with Gasteiger partial charge in [0.05, 0.1) is 13.2 Å². The molecule has 0 aromatic carbocycles. The van der Waals surface area contributed by atoms with Gasteiger partial charge in [-0.3, -0.25) is 0 Å². The summed E-state index contributed by atoms with van der Waals surface area (Å²) >= 11 is 0. The van der Waals surface area contributed by atoms with Gasteiger partial charge in [-0.25, -0.2) is 5.48 Å². The fourth-order valence-corrected chi connectivity index (χ4v) is 3.09. The Morgan fingerprint density at radius 1 is 1.11 bits per heavy atom. The van der Waals surface area contributed by atoms with E-state index in [1.807, 2.05) is 27.7 Å². The summed E-state index contributed by atoms with van der Waals surface area (Å²) in [7, 11) is 0. The highest BCUT2D eigenvalue weighted by Crippen LogP contribution is 2.47. The van der Waals surface area contributed by atoms with Crippen molar-refractivity contribution >= 4 is 0 Å². The van der Waals surface area contributed by atoms with E-state index < -0.39 is 23.5 Å². The predicted octanol–water partition coefficient (Wildman–Crippen LogP) is 0.363. The molecule has 0 bridgehead atoms. The first kappa shape index (κ1) is 13.7. The van der Waals surface area contributed by atoms with E-state index in [0.29, 0.717) is 6.61 Å². The van der Waals surface area contributed by atoms with Crippen LogP contribution >= 0.6 is 0 Å². The molecular formula is C12H21NO6. The summed E-state index contributed by atoms with van der Waals surface area (Å²) in [5, 5.41) is 9.04. The quantitative estimate of drug-likeness (QED) is 0.705. The highest BCUT2D eigenvalue weighted by atomic mass is 16.9. The van der Waals surface area contributed by atoms with Gasteiger partial charge in [-0.15, -0.1) is 0 Å². The number of hydrogen-bond acceptors (Lipinski definition) is 7. The maximum atomic E-state index is 9.04. The number of fused-ring (bicyclic) bond motifs is 3. The van der Waals surface area contributed by atoms with Crippen molar-refractivity contribution in [2.45, 2.75) is 63.4 Å². The Balaban J connectivity index is 1.89. The molecule has 0 aromatic rings. The Labute approximate surface area is 112 Å². The molecule has 19 heavy (non-hydrogen) atoms. The van der Waals surface area contributed by atoms with Crippen molar-refractivity contribution in [3.05, 3.63) is 0 Å². The minimum Gasteiger partial charge on any atom is -0.343 e. The molecule has 7 nitrogen and oxygen atoms in total. The Hall–Kier alpha value is -0.280. The number of hydroxylamine groups is 1. The van der Waals surface area contributed by atoms with Gasteiger partial charge in [0.25, 0.3) is 0 Å². The Morgan fingerprint density at radius 2 is 1.84 bits per heavy atom. The molecule has 0 aliphatic carbocycles. The van der Waals surface area contributed by atoms with Gasteiger partial charge in [0.15, 0.2) is 11.6 Å². The van der Waals surface area contributed by atoms with Gasteiger partial charge in [0.2, 0.25) is 5.79 Å². The van der Waals surface area contributed by atoms with Crippen molar-refractivity contribution in [2.24, 2.45) is 0 Å². The summed E-state index contributed by atoms with van der Waals surface area (Å²) in [4.78, 5) is 0. The maximum Gasteiger partial charge on any atom is 0.215 e. The van der Waals surface area contributed by atoms with Gasteiger partial charge in [-0.1, -0.05) is 0 Å². The number of rotatable bonds is 2. The summed E-state index contributed by atoms with van der Waals surface area (Å²) in [6.07, 6.45) is -0.925. The van der Waals surface area contributed by atoms with Gasteiger partial charge in [-0.2, -0.15) is 0 Å². The molecule has 0 unspecified atom stereocenters. The number of ether oxygens (including phenoxy) is 5. The standard InChI is InChI=1S/C12H21NO6/c1-10(2)16-7-5-15-12(6-13-14)9(8(7)17-10)18-11(3,4)19-12/h7-9,13-14H,5-6H2,1-4H3/t7-,8-,9-,12-/m1/s1. The van der Waals surface area contributed by atoms with E-state index in [4.69, 9.17) is 28.9 Å². The average Bonchev–Trinajstić information content (AvgIpc) is 2.71. The summed E-state index contributed by atoms with van der Waals surface area (Å²) < 4.78 is 29.3. The van der Waals surface area contributed by atoms with E-state index in [2.05, 4.69) is 5.48 Å². The van der Waals surface area contributed by atoms with Crippen LogP contribution in [0.2, 0.25) is 0 Å². The normalized spacial score (nSPS) is 46.9. The van der Waals surface area contributed by atoms with Crippen molar-refractivity contribution in [1.82, 2.24) is 5.48 Å². The first-order valence-electron chi connectivity index (χ1n) is 6.51. The van der Waals surface area contributed by atoms with Gasteiger partial charge < -0.3 is 28.9 Å². The Kier molecular flexibility index (Phi) is 2.96. The molecule has 4 atom stereocenters. The third-order valence-electron chi connectivity index (χ3n) is 3.60. The molecule has 0 amide bonds. The fraction of sp³-hybridized carbons (Fsp3) is 1.00. The second-order valence-electron chi connectivity index (χ2n) is 6.14. The van der Waals surface area contributed by atoms with E-state index in [1.165, 1.54) is 0 Å². The van der Waals surface area contributed by atoms with Crippen LogP contribution in [0.1, 0.15) is 27.7 Å². The van der Waals surface area contributed by atoms with Crippen LogP contribution < -0.4 is 5.48 Å². The van der Waals surface area contributed by atoms with E-state index in [1.54, 1.807) is 0 Å². The first-order valence-corrected chi connectivity index (χ1v) is 6.51. The Morgan fingerprint density at radius 3 is 2.53 bits per heavy atom. The van der Waals surface area contributed by atoms with Gasteiger partial charge >= 0.3 is 0 Å². The molecule has 3 fully saturated rings. The van der Waals surface area contributed by atoms with Gasteiger partial charge in [-0.05, 0) is 27.7 Å². The summed E-state index contributed by atoms with van der Waals surface area (Å²) in [5.41, 5.74) is 2.11. The zero-order valence-corrected chi connectivity index (χ0v) is 11.6. The first-order chi connectivity index (χ1) is 8.77. The SMILES string of the molecule is CC1(C)O[C@H]2[C@H]3OC(C)(C)O[C@@]3(CNO)OC[C@H]2O1. The van der Waals surface area contributed by atoms with Crippen LogP contribution in [0.15, 0.2) is 0 Å². The minimum atomic E-state index is -1.05. The predicted molar refractivity (Wildman–Crippen MR) is 62.3 cm³/mol. The van der Waals surface area contributed by atoms with Crippen molar-refractivity contribution in [1.29, 1.82) is 0 Å². The van der Waals surface area contributed by atoms with Gasteiger partial charge in [0, 0.05) is 0 Å². The van der Waals surface area contributed by atoms with Crippen molar-refractivity contribution in [2.75, 3.05) is 13.2 Å². The monoisotopic (exact) mass is 275 g/mol. The lowest BCUT2D eigenvalue weighted by atomic mass is 9.97. The lowest BCUT2D eigenvalue weighted by Gasteiger charge is -2.40. The third-order valence-corrected chi connectivity index (χ3v) is 3.60. The topological polar surface area (TPSA) is 78.4 Å². The van der Waals surface area contributed by atoms with E-state index >= 15 is 0 Å².